The minimum absolute atomic E-state index is 0.0522. The molecule has 2 bridgehead atoms. The van der Waals surface area contributed by atoms with E-state index in [2.05, 4.69) is 18.2 Å². The highest BCUT2D eigenvalue weighted by Gasteiger charge is 2.40. The zero-order valence-corrected chi connectivity index (χ0v) is 15.7. The third-order valence-corrected chi connectivity index (χ3v) is 5.59. The summed E-state index contributed by atoms with van der Waals surface area (Å²) in [4.78, 5) is 12.2. The van der Waals surface area contributed by atoms with Crippen LogP contribution in [0.15, 0.2) is 60.7 Å². The van der Waals surface area contributed by atoms with Crippen molar-refractivity contribution in [3.8, 4) is 22.9 Å². The quantitative estimate of drug-likeness (QED) is 0.399. The van der Waals surface area contributed by atoms with Crippen molar-refractivity contribution in [3.63, 3.8) is 0 Å². The molecule has 2 aromatic carbocycles. The molecule has 0 aliphatic heterocycles. The molecule has 1 fully saturated rings. The molecule has 0 unspecified atom stereocenters. The van der Waals surface area contributed by atoms with E-state index in [1.165, 1.54) is 0 Å². The van der Waals surface area contributed by atoms with Crippen molar-refractivity contribution >= 4 is 5.97 Å². The number of fused-ring (bicyclic) bond motifs is 2. The van der Waals surface area contributed by atoms with E-state index in [1.54, 1.807) is 0 Å². The van der Waals surface area contributed by atoms with Gasteiger partial charge in [0.05, 0.1) is 30.8 Å². The maximum atomic E-state index is 12.2. The predicted octanol–water partition coefficient (Wildman–Crippen LogP) is 4.75. The second-order valence-electron chi connectivity index (χ2n) is 7.47. The molecule has 0 aromatic heterocycles. The number of carbonyl (C=O) groups is 1. The fourth-order valence-electron chi connectivity index (χ4n) is 4.06. The maximum Gasteiger partial charge on any atom is 0.309 e. The average Bonchev–Trinajstić information content (AvgIpc) is 3.38. The Balaban J connectivity index is 1.18. The van der Waals surface area contributed by atoms with Gasteiger partial charge < -0.3 is 9.47 Å². The number of carbonyl (C=O) groups excluding carboxylic acids is 1. The fourth-order valence-corrected chi connectivity index (χ4v) is 4.06. The van der Waals surface area contributed by atoms with Crippen molar-refractivity contribution in [1.82, 2.24) is 0 Å². The van der Waals surface area contributed by atoms with Gasteiger partial charge in [-0.05, 0) is 60.1 Å². The van der Waals surface area contributed by atoms with E-state index >= 15 is 0 Å². The second kappa shape index (κ2) is 8.31. The molecule has 3 atom stereocenters. The Morgan fingerprint density at radius 3 is 2.29 bits per heavy atom. The molecular weight excluding hydrogens is 350 g/mol. The summed E-state index contributed by atoms with van der Waals surface area (Å²) < 4.78 is 11.2. The van der Waals surface area contributed by atoms with Gasteiger partial charge in [0.2, 0.25) is 0 Å². The molecule has 4 rings (SSSR count). The summed E-state index contributed by atoms with van der Waals surface area (Å²) in [6.07, 6.45) is 7.14. The third kappa shape index (κ3) is 4.09. The fraction of sp³-hybridized carbons (Fsp3) is 0.333. The van der Waals surface area contributed by atoms with Crippen LogP contribution in [0.1, 0.15) is 24.8 Å². The van der Waals surface area contributed by atoms with Crippen LogP contribution in [-0.4, -0.2) is 19.2 Å². The lowest BCUT2D eigenvalue weighted by Crippen LogP contribution is -2.22. The molecule has 28 heavy (non-hydrogen) atoms. The van der Waals surface area contributed by atoms with Crippen molar-refractivity contribution in [2.24, 2.45) is 17.8 Å². The van der Waals surface area contributed by atoms with Gasteiger partial charge in [0.25, 0.3) is 0 Å². The molecule has 2 aromatic rings. The van der Waals surface area contributed by atoms with Crippen molar-refractivity contribution in [3.05, 3.63) is 66.2 Å². The Bertz CT molecular complexity index is 893. The summed E-state index contributed by atoms with van der Waals surface area (Å²) in [5.41, 5.74) is 2.79. The Labute approximate surface area is 165 Å². The van der Waals surface area contributed by atoms with Gasteiger partial charge in [0, 0.05) is 6.42 Å². The highest BCUT2D eigenvalue weighted by atomic mass is 16.5. The van der Waals surface area contributed by atoms with Crippen LogP contribution >= 0.6 is 0 Å². The topological polar surface area (TPSA) is 59.3 Å². The Morgan fingerprint density at radius 1 is 0.964 bits per heavy atom. The number of esters is 1. The monoisotopic (exact) mass is 373 g/mol. The standard InChI is InChI=1S/C24H23NO3/c25-16-17-2-5-19(6-3-17)20-8-10-22(11-9-20)27-12-1-13-28-24(26)23-15-18-4-7-21(23)14-18/h2-11,18,21,23H,1,12-15H2/t18-,21+,23-/m0/s1. The molecule has 0 radical (unpaired) electrons. The van der Waals surface area contributed by atoms with Crippen LogP contribution in [0, 0.1) is 29.1 Å². The normalized spacial score (nSPS) is 22.0. The van der Waals surface area contributed by atoms with Crippen molar-refractivity contribution < 1.29 is 14.3 Å². The lowest BCUT2D eigenvalue weighted by atomic mass is 9.94. The largest absolute Gasteiger partial charge is 0.493 e. The smallest absolute Gasteiger partial charge is 0.309 e. The van der Waals surface area contributed by atoms with E-state index < -0.39 is 0 Å². The maximum absolute atomic E-state index is 12.2. The minimum atomic E-state index is -0.0522. The van der Waals surface area contributed by atoms with Crippen molar-refractivity contribution in [1.29, 1.82) is 5.26 Å². The first kappa shape index (κ1) is 18.3. The first-order valence-electron chi connectivity index (χ1n) is 9.81. The van der Waals surface area contributed by atoms with E-state index in [0.717, 1.165) is 29.7 Å². The molecule has 0 heterocycles. The highest BCUT2D eigenvalue weighted by Crippen LogP contribution is 2.43. The number of nitrogens with zero attached hydrogens (tertiary/aromatic N) is 1. The molecule has 2 aliphatic rings. The van der Waals surface area contributed by atoms with Crippen molar-refractivity contribution in [2.75, 3.05) is 13.2 Å². The van der Waals surface area contributed by atoms with E-state index in [0.29, 0.717) is 37.0 Å². The first-order valence-corrected chi connectivity index (χ1v) is 9.81. The molecule has 0 amide bonds. The summed E-state index contributed by atoms with van der Waals surface area (Å²) in [5.74, 6) is 1.78. The van der Waals surface area contributed by atoms with Gasteiger partial charge in [-0.3, -0.25) is 4.79 Å². The highest BCUT2D eigenvalue weighted by molar-refractivity contribution is 5.74. The first-order chi connectivity index (χ1) is 13.7. The molecule has 142 valence electrons. The van der Waals surface area contributed by atoms with Crippen LogP contribution in [0.4, 0.5) is 0 Å². The van der Waals surface area contributed by atoms with E-state index in [-0.39, 0.29) is 11.9 Å². The molecule has 0 N–H and O–H groups in total. The van der Waals surface area contributed by atoms with Gasteiger partial charge in [-0.1, -0.05) is 36.4 Å². The number of nitriles is 1. The molecule has 4 nitrogen and oxygen atoms in total. The third-order valence-electron chi connectivity index (χ3n) is 5.59. The average molecular weight is 373 g/mol. The number of benzene rings is 2. The van der Waals surface area contributed by atoms with Gasteiger partial charge in [0.1, 0.15) is 5.75 Å². The van der Waals surface area contributed by atoms with E-state index in [4.69, 9.17) is 14.7 Å². The molecule has 2 aliphatic carbocycles. The molecule has 4 heteroatoms. The lowest BCUT2D eigenvalue weighted by molar-refractivity contribution is -0.149. The molecule has 1 saturated carbocycles. The summed E-state index contributed by atoms with van der Waals surface area (Å²) >= 11 is 0. The van der Waals surface area contributed by atoms with Gasteiger partial charge in [-0.15, -0.1) is 0 Å². The number of hydrogen-bond donors (Lipinski definition) is 0. The summed E-state index contributed by atoms with van der Waals surface area (Å²) in [5, 5.41) is 8.87. The van der Waals surface area contributed by atoms with Crippen LogP contribution in [-0.2, 0) is 9.53 Å². The van der Waals surface area contributed by atoms with Crippen LogP contribution in [0.5, 0.6) is 5.75 Å². The van der Waals surface area contributed by atoms with Crippen LogP contribution < -0.4 is 4.74 Å². The molecule has 0 spiro atoms. The van der Waals surface area contributed by atoms with Crippen LogP contribution in [0.25, 0.3) is 11.1 Å². The summed E-state index contributed by atoms with van der Waals surface area (Å²) in [6, 6.07) is 17.5. The zero-order chi connectivity index (χ0) is 19.3. The second-order valence-corrected chi connectivity index (χ2v) is 7.47. The Hall–Kier alpha value is -3.06. The minimum Gasteiger partial charge on any atom is -0.493 e. The number of rotatable bonds is 7. The number of hydrogen-bond acceptors (Lipinski definition) is 4. The molecular formula is C24H23NO3. The summed E-state index contributed by atoms with van der Waals surface area (Å²) in [6.45, 7) is 0.917. The van der Waals surface area contributed by atoms with Gasteiger partial charge >= 0.3 is 5.97 Å². The number of allylic oxidation sites excluding steroid dienone is 2. The van der Waals surface area contributed by atoms with E-state index in [1.807, 2.05) is 48.5 Å². The predicted molar refractivity (Wildman–Crippen MR) is 107 cm³/mol. The van der Waals surface area contributed by atoms with Gasteiger partial charge in [0.15, 0.2) is 0 Å². The van der Waals surface area contributed by atoms with Crippen molar-refractivity contribution in [2.45, 2.75) is 19.3 Å². The van der Waals surface area contributed by atoms with E-state index in [9.17, 15) is 4.79 Å². The van der Waals surface area contributed by atoms with Gasteiger partial charge in [-0.2, -0.15) is 5.26 Å². The molecule has 0 saturated heterocycles. The Morgan fingerprint density at radius 2 is 1.68 bits per heavy atom. The lowest BCUT2D eigenvalue weighted by Gasteiger charge is -2.16. The summed E-state index contributed by atoms with van der Waals surface area (Å²) in [7, 11) is 0. The number of ether oxygens (including phenoxy) is 2. The SMILES string of the molecule is N#Cc1ccc(-c2ccc(OCCCOC(=O)[C@H]3C[C@H]4C=C[C@@H]3C4)cc2)cc1. The van der Waals surface area contributed by atoms with Crippen LogP contribution in [0.2, 0.25) is 0 Å². The van der Waals surface area contributed by atoms with Gasteiger partial charge in [-0.25, -0.2) is 0 Å². The zero-order valence-electron chi connectivity index (χ0n) is 15.7. The van der Waals surface area contributed by atoms with Crippen LogP contribution in [0.3, 0.4) is 0 Å². The Kier molecular flexibility index (Phi) is 5.43.